The van der Waals surface area contributed by atoms with Gasteiger partial charge in [-0.15, -0.1) is 0 Å². The third-order valence-electron chi connectivity index (χ3n) is 2.79. The van der Waals surface area contributed by atoms with Crippen molar-refractivity contribution >= 4 is 7.60 Å². The molecule has 0 fully saturated rings. The summed E-state index contributed by atoms with van der Waals surface area (Å²) in [5, 5.41) is 0. The Hall–Kier alpha value is -0.830. The average Bonchev–Trinajstić information content (AvgIpc) is 2.34. The van der Waals surface area contributed by atoms with Gasteiger partial charge in [0.25, 0.3) is 0 Å². The summed E-state index contributed by atoms with van der Waals surface area (Å²) in [7, 11) is -3.47. The lowest BCUT2D eigenvalue weighted by Crippen LogP contribution is -1.97. The molecule has 0 amide bonds. The number of para-hydroxylation sites is 1. The molecule has 0 aliphatic heterocycles. The van der Waals surface area contributed by atoms with Gasteiger partial charge < -0.3 is 15.6 Å². The zero-order valence-electron chi connectivity index (χ0n) is 11.8. The van der Waals surface area contributed by atoms with E-state index >= 15 is 0 Å². The lowest BCUT2D eigenvalue weighted by Gasteiger charge is -2.13. The van der Waals surface area contributed by atoms with Gasteiger partial charge in [0.15, 0.2) is 0 Å². The molecular weight excluding hydrogens is 261 g/mol. The highest BCUT2D eigenvalue weighted by Crippen LogP contribution is 2.43. The normalized spacial score (nSPS) is 13.4. The van der Waals surface area contributed by atoms with Gasteiger partial charge in [-0.05, 0) is 18.6 Å². The largest absolute Gasteiger partial charge is 0.424 e. The van der Waals surface area contributed by atoms with Gasteiger partial charge in [0.05, 0.1) is 6.16 Å². The maximum atomic E-state index is 11.8. The van der Waals surface area contributed by atoms with Crippen molar-refractivity contribution in [2.45, 2.75) is 45.4 Å². The SMILES string of the molecule is CCCCCCCCP(=O)(O)Oc1ccccc1.N. The van der Waals surface area contributed by atoms with Crippen molar-refractivity contribution in [2.24, 2.45) is 0 Å². The van der Waals surface area contributed by atoms with E-state index < -0.39 is 7.60 Å². The summed E-state index contributed by atoms with van der Waals surface area (Å²) in [6, 6.07) is 8.83. The fourth-order valence-corrected chi connectivity index (χ4v) is 2.95. The van der Waals surface area contributed by atoms with Crippen LogP contribution >= 0.6 is 7.60 Å². The number of hydrogen-bond donors (Lipinski definition) is 2. The molecule has 0 heterocycles. The lowest BCUT2D eigenvalue weighted by molar-refractivity contribution is 0.377. The Bertz CT molecular complexity index is 370. The van der Waals surface area contributed by atoms with Gasteiger partial charge in [-0.1, -0.05) is 57.2 Å². The molecule has 0 aromatic heterocycles. The maximum Gasteiger partial charge on any atom is 0.376 e. The first kappa shape index (κ1) is 18.2. The van der Waals surface area contributed by atoms with Crippen LogP contribution in [0.15, 0.2) is 30.3 Å². The summed E-state index contributed by atoms with van der Waals surface area (Å²) in [6.07, 6.45) is 6.82. The van der Waals surface area contributed by atoms with Gasteiger partial charge in [-0.3, -0.25) is 0 Å². The molecule has 0 aliphatic carbocycles. The first-order chi connectivity index (χ1) is 8.64. The highest BCUT2D eigenvalue weighted by molar-refractivity contribution is 7.53. The molecule has 1 aromatic carbocycles. The van der Waals surface area contributed by atoms with Crippen molar-refractivity contribution in [1.29, 1.82) is 0 Å². The second-order valence-electron chi connectivity index (χ2n) is 4.53. The minimum Gasteiger partial charge on any atom is -0.424 e. The lowest BCUT2D eigenvalue weighted by atomic mass is 10.1. The molecule has 4 nitrogen and oxygen atoms in total. The number of hydrogen-bond acceptors (Lipinski definition) is 3. The van der Waals surface area contributed by atoms with Crippen LogP contribution in [0.2, 0.25) is 0 Å². The molecule has 0 bridgehead atoms. The third kappa shape index (κ3) is 8.82. The van der Waals surface area contributed by atoms with Crippen LogP contribution in [0.3, 0.4) is 0 Å². The summed E-state index contributed by atoms with van der Waals surface area (Å²) in [5.74, 6) is 0.467. The maximum absolute atomic E-state index is 11.8. The van der Waals surface area contributed by atoms with E-state index in [0.717, 1.165) is 19.3 Å². The number of unbranched alkanes of at least 4 members (excludes halogenated alkanes) is 5. The Morgan fingerprint density at radius 1 is 1.05 bits per heavy atom. The highest BCUT2D eigenvalue weighted by Gasteiger charge is 2.19. The van der Waals surface area contributed by atoms with E-state index in [4.69, 9.17) is 4.52 Å². The molecule has 5 heteroatoms. The van der Waals surface area contributed by atoms with E-state index in [1.807, 2.05) is 6.07 Å². The van der Waals surface area contributed by atoms with Crippen LogP contribution in [0, 0.1) is 0 Å². The molecule has 0 spiro atoms. The molecule has 4 N–H and O–H groups in total. The van der Waals surface area contributed by atoms with Crippen LogP contribution in [0.25, 0.3) is 0 Å². The molecule has 0 saturated carbocycles. The van der Waals surface area contributed by atoms with E-state index in [2.05, 4.69) is 6.92 Å². The first-order valence-corrected chi connectivity index (χ1v) is 8.47. The monoisotopic (exact) mass is 287 g/mol. The number of rotatable bonds is 9. The fraction of sp³-hybridized carbons (Fsp3) is 0.571. The Labute approximate surface area is 116 Å². The van der Waals surface area contributed by atoms with Gasteiger partial charge in [0.1, 0.15) is 5.75 Å². The predicted octanol–water partition coefficient (Wildman–Crippen LogP) is 4.77. The second-order valence-corrected chi connectivity index (χ2v) is 6.44. The van der Waals surface area contributed by atoms with Gasteiger partial charge in [-0.25, -0.2) is 4.57 Å². The van der Waals surface area contributed by atoms with Crippen molar-refractivity contribution < 1.29 is 14.0 Å². The quantitative estimate of drug-likeness (QED) is 0.506. The van der Waals surface area contributed by atoms with E-state index in [0.29, 0.717) is 5.75 Å². The molecule has 1 atom stereocenters. The summed E-state index contributed by atoms with van der Waals surface area (Å²) >= 11 is 0. The fourth-order valence-electron chi connectivity index (χ4n) is 1.78. The van der Waals surface area contributed by atoms with E-state index in [1.54, 1.807) is 24.3 Å². The Balaban J connectivity index is 0.00000324. The van der Waals surface area contributed by atoms with Crippen molar-refractivity contribution in [3.8, 4) is 5.75 Å². The zero-order chi connectivity index (χ0) is 13.3. The van der Waals surface area contributed by atoms with Crippen molar-refractivity contribution in [2.75, 3.05) is 6.16 Å². The summed E-state index contributed by atoms with van der Waals surface area (Å²) < 4.78 is 16.9. The molecule has 1 rings (SSSR count). The Morgan fingerprint density at radius 3 is 2.26 bits per heavy atom. The molecule has 110 valence electrons. The smallest absolute Gasteiger partial charge is 0.376 e. The van der Waals surface area contributed by atoms with E-state index in [9.17, 15) is 9.46 Å². The molecule has 0 aliphatic rings. The predicted molar refractivity (Wildman–Crippen MR) is 80.2 cm³/mol. The Kier molecular flexibility index (Phi) is 9.58. The van der Waals surface area contributed by atoms with Crippen LogP contribution in [0.4, 0.5) is 0 Å². The zero-order valence-corrected chi connectivity index (χ0v) is 12.6. The van der Waals surface area contributed by atoms with Crippen molar-refractivity contribution in [3.05, 3.63) is 30.3 Å². The standard InChI is InChI=1S/C14H23O3P.H3N/c1-2-3-4-5-6-10-13-18(15,16)17-14-11-8-7-9-12-14;/h7-9,11-12H,2-6,10,13H2,1H3,(H,15,16);1H3. The second kappa shape index (κ2) is 10.0. The molecule has 1 aromatic rings. The van der Waals surface area contributed by atoms with Crippen LogP contribution < -0.4 is 10.7 Å². The van der Waals surface area contributed by atoms with Crippen LogP contribution in [-0.2, 0) is 4.57 Å². The van der Waals surface area contributed by atoms with E-state index in [-0.39, 0.29) is 12.3 Å². The van der Waals surface area contributed by atoms with Crippen molar-refractivity contribution in [1.82, 2.24) is 6.15 Å². The van der Waals surface area contributed by atoms with Gasteiger partial charge in [-0.2, -0.15) is 0 Å². The van der Waals surface area contributed by atoms with Crippen molar-refractivity contribution in [3.63, 3.8) is 0 Å². The molecule has 1 unspecified atom stereocenters. The van der Waals surface area contributed by atoms with Gasteiger partial charge in [0.2, 0.25) is 0 Å². The number of benzene rings is 1. The highest BCUT2D eigenvalue weighted by atomic mass is 31.2. The van der Waals surface area contributed by atoms with Gasteiger partial charge in [0, 0.05) is 0 Å². The van der Waals surface area contributed by atoms with Crippen LogP contribution in [0.1, 0.15) is 45.4 Å². The molecule has 0 saturated heterocycles. The van der Waals surface area contributed by atoms with Crippen LogP contribution in [-0.4, -0.2) is 11.1 Å². The first-order valence-electron chi connectivity index (χ1n) is 6.70. The molecule has 0 radical (unpaired) electrons. The van der Waals surface area contributed by atoms with Crippen LogP contribution in [0.5, 0.6) is 5.75 Å². The Morgan fingerprint density at radius 2 is 1.63 bits per heavy atom. The summed E-state index contributed by atoms with van der Waals surface area (Å²) in [4.78, 5) is 9.70. The minimum absolute atomic E-state index is 0. The van der Waals surface area contributed by atoms with E-state index in [1.165, 1.54) is 19.3 Å². The average molecular weight is 287 g/mol. The molecule has 19 heavy (non-hydrogen) atoms. The molecular formula is C14H26NO3P. The topological polar surface area (TPSA) is 81.5 Å². The summed E-state index contributed by atoms with van der Waals surface area (Å²) in [6.45, 7) is 2.18. The minimum atomic E-state index is -3.47. The third-order valence-corrected chi connectivity index (χ3v) is 4.16. The van der Waals surface area contributed by atoms with Gasteiger partial charge >= 0.3 is 7.60 Å². The summed E-state index contributed by atoms with van der Waals surface area (Å²) in [5.41, 5.74) is 0.